The van der Waals surface area contributed by atoms with Gasteiger partial charge in [-0.15, -0.1) is 0 Å². The molecular formula is C19H21NO6. The molecule has 0 fully saturated rings. The predicted octanol–water partition coefficient (Wildman–Crippen LogP) is 1.76. The molecule has 2 aromatic rings. The molecule has 4 N–H and O–H groups in total. The summed E-state index contributed by atoms with van der Waals surface area (Å²) in [6.45, 7) is 1.50. The first-order valence-electron chi connectivity index (χ1n) is 8.06. The van der Waals surface area contributed by atoms with Gasteiger partial charge >= 0.3 is 11.9 Å². The molecule has 0 aliphatic rings. The average molecular weight is 359 g/mol. The number of phenolic OH excluding ortho intramolecular Hbond substituents is 2. The Hall–Kier alpha value is -3.06. The zero-order chi connectivity index (χ0) is 19.1. The number of ether oxygens (including phenoxy) is 2. The van der Waals surface area contributed by atoms with Crippen LogP contribution >= 0.6 is 0 Å². The topological polar surface area (TPSA) is 119 Å². The molecule has 138 valence electrons. The fraction of sp³-hybridized carbons (Fsp3) is 0.263. The molecule has 7 nitrogen and oxygen atoms in total. The summed E-state index contributed by atoms with van der Waals surface area (Å²) < 4.78 is 10.3. The van der Waals surface area contributed by atoms with E-state index in [1.807, 2.05) is 0 Å². The predicted molar refractivity (Wildman–Crippen MR) is 93.7 cm³/mol. The van der Waals surface area contributed by atoms with Gasteiger partial charge in [-0.1, -0.05) is 24.3 Å². The van der Waals surface area contributed by atoms with E-state index in [1.54, 1.807) is 43.3 Å². The van der Waals surface area contributed by atoms with Gasteiger partial charge in [0.2, 0.25) is 0 Å². The first-order chi connectivity index (χ1) is 12.4. The van der Waals surface area contributed by atoms with Gasteiger partial charge in [-0.3, -0.25) is 4.79 Å². The van der Waals surface area contributed by atoms with Crippen LogP contribution in [0.5, 0.6) is 11.5 Å². The van der Waals surface area contributed by atoms with Crippen LogP contribution in [0.1, 0.15) is 22.8 Å². The van der Waals surface area contributed by atoms with E-state index in [2.05, 4.69) is 0 Å². The largest absolute Gasteiger partial charge is 0.504 e. The van der Waals surface area contributed by atoms with Crippen LogP contribution in [0.3, 0.4) is 0 Å². The van der Waals surface area contributed by atoms with E-state index < -0.39 is 24.1 Å². The summed E-state index contributed by atoms with van der Waals surface area (Å²) in [7, 11) is 0. The summed E-state index contributed by atoms with van der Waals surface area (Å²) in [5.41, 5.74) is 6.79. The van der Waals surface area contributed by atoms with Crippen molar-refractivity contribution < 1.29 is 29.3 Å². The molecule has 7 heteroatoms. The van der Waals surface area contributed by atoms with Crippen molar-refractivity contribution in [2.45, 2.75) is 25.5 Å². The second kappa shape index (κ2) is 8.87. The van der Waals surface area contributed by atoms with Crippen molar-refractivity contribution in [2.75, 3.05) is 6.61 Å². The van der Waals surface area contributed by atoms with Crippen LogP contribution < -0.4 is 5.73 Å². The van der Waals surface area contributed by atoms with Crippen molar-refractivity contribution in [3.63, 3.8) is 0 Å². The quantitative estimate of drug-likeness (QED) is 0.509. The highest BCUT2D eigenvalue weighted by Gasteiger charge is 2.20. The maximum Gasteiger partial charge on any atom is 0.338 e. The van der Waals surface area contributed by atoms with Crippen LogP contribution in [-0.2, 0) is 20.7 Å². The average Bonchev–Trinajstić information content (AvgIpc) is 2.63. The third-order valence-electron chi connectivity index (χ3n) is 3.57. The lowest BCUT2D eigenvalue weighted by molar-refractivity contribution is -0.151. The number of phenols is 2. The third kappa shape index (κ3) is 5.49. The van der Waals surface area contributed by atoms with Crippen LogP contribution in [0.4, 0.5) is 0 Å². The number of carbonyl (C=O) groups is 2. The minimum Gasteiger partial charge on any atom is -0.504 e. The van der Waals surface area contributed by atoms with Gasteiger partial charge in [0.05, 0.1) is 5.56 Å². The molecule has 0 amide bonds. The van der Waals surface area contributed by atoms with Crippen molar-refractivity contribution in [3.8, 4) is 11.5 Å². The van der Waals surface area contributed by atoms with E-state index in [4.69, 9.17) is 15.2 Å². The van der Waals surface area contributed by atoms with Gasteiger partial charge in [-0.2, -0.15) is 0 Å². The summed E-state index contributed by atoms with van der Waals surface area (Å²) in [4.78, 5) is 23.9. The molecule has 0 saturated heterocycles. The fourth-order valence-electron chi connectivity index (χ4n) is 2.20. The summed E-state index contributed by atoms with van der Waals surface area (Å²) >= 11 is 0. The van der Waals surface area contributed by atoms with Crippen molar-refractivity contribution >= 4 is 11.9 Å². The molecule has 2 rings (SSSR count). The number of aromatic hydroxyl groups is 2. The number of esters is 2. The van der Waals surface area contributed by atoms with Gasteiger partial charge in [0.25, 0.3) is 0 Å². The Labute approximate surface area is 151 Å². The second-order valence-electron chi connectivity index (χ2n) is 5.85. The highest BCUT2D eigenvalue weighted by atomic mass is 16.6. The normalized spacial score (nSPS) is 12.8. The molecule has 26 heavy (non-hydrogen) atoms. The Bertz CT molecular complexity index is 762. The molecule has 0 saturated carbocycles. The van der Waals surface area contributed by atoms with Gasteiger partial charge in [0.15, 0.2) is 11.5 Å². The van der Waals surface area contributed by atoms with Gasteiger partial charge in [0.1, 0.15) is 18.8 Å². The fourth-order valence-corrected chi connectivity index (χ4v) is 2.20. The Morgan fingerprint density at radius 2 is 1.77 bits per heavy atom. The molecule has 0 unspecified atom stereocenters. The van der Waals surface area contributed by atoms with Crippen molar-refractivity contribution in [3.05, 3.63) is 59.7 Å². The Morgan fingerprint density at radius 1 is 1.08 bits per heavy atom. The van der Waals surface area contributed by atoms with Gasteiger partial charge < -0.3 is 25.4 Å². The summed E-state index contributed by atoms with van der Waals surface area (Å²) in [5.74, 6) is -1.69. The monoisotopic (exact) mass is 359 g/mol. The minimum atomic E-state index is -0.953. The van der Waals surface area contributed by atoms with Gasteiger partial charge in [0, 0.05) is 0 Å². The smallest absolute Gasteiger partial charge is 0.338 e. The second-order valence-corrected chi connectivity index (χ2v) is 5.85. The number of nitrogens with two attached hydrogens (primary N) is 1. The Balaban J connectivity index is 1.80. The van der Waals surface area contributed by atoms with E-state index >= 15 is 0 Å². The molecule has 0 aliphatic heterocycles. The van der Waals surface area contributed by atoms with Gasteiger partial charge in [-0.25, -0.2) is 4.79 Å². The SMILES string of the molecule is C[C@H](COC(=O)c1ccccc1)OC(=O)[C@@H](N)Cc1ccc(O)c(O)c1. The highest BCUT2D eigenvalue weighted by molar-refractivity contribution is 5.89. The Morgan fingerprint density at radius 3 is 2.42 bits per heavy atom. The summed E-state index contributed by atoms with van der Waals surface area (Å²) in [5, 5.41) is 18.7. The minimum absolute atomic E-state index is 0.0911. The molecule has 0 radical (unpaired) electrons. The zero-order valence-electron chi connectivity index (χ0n) is 14.3. The van der Waals surface area contributed by atoms with Crippen molar-refractivity contribution in [2.24, 2.45) is 5.73 Å². The molecule has 0 aromatic heterocycles. The van der Waals surface area contributed by atoms with E-state index in [9.17, 15) is 19.8 Å². The molecule has 0 heterocycles. The maximum absolute atomic E-state index is 12.0. The lowest BCUT2D eigenvalue weighted by Gasteiger charge is -2.17. The van der Waals surface area contributed by atoms with E-state index in [-0.39, 0.29) is 24.5 Å². The molecule has 2 atom stereocenters. The van der Waals surface area contributed by atoms with Crippen LogP contribution in [0, 0.1) is 0 Å². The molecule has 0 bridgehead atoms. The lowest BCUT2D eigenvalue weighted by Crippen LogP contribution is -2.37. The van der Waals surface area contributed by atoms with Gasteiger partial charge in [-0.05, 0) is 43.2 Å². The number of benzene rings is 2. The first-order valence-corrected chi connectivity index (χ1v) is 8.06. The van der Waals surface area contributed by atoms with Crippen LogP contribution in [0.2, 0.25) is 0 Å². The number of carbonyl (C=O) groups excluding carboxylic acids is 2. The highest BCUT2D eigenvalue weighted by Crippen LogP contribution is 2.25. The number of hydrogen-bond donors (Lipinski definition) is 3. The van der Waals surface area contributed by atoms with Crippen LogP contribution in [-0.4, -0.2) is 40.9 Å². The summed E-state index contributed by atoms with van der Waals surface area (Å²) in [6, 6.07) is 11.7. The lowest BCUT2D eigenvalue weighted by atomic mass is 10.1. The number of hydrogen-bond acceptors (Lipinski definition) is 7. The zero-order valence-corrected chi connectivity index (χ0v) is 14.3. The Kier molecular flexibility index (Phi) is 6.57. The van der Waals surface area contributed by atoms with E-state index in [0.29, 0.717) is 11.1 Å². The first kappa shape index (κ1) is 19.3. The molecule has 0 spiro atoms. The molecule has 2 aromatic carbocycles. The van der Waals surface area contributed by atoms with Crippen LogP contribution in [0.15, 0.2) is 48.5 Å². The van der Waals surface area contributed by atoms with Crippen molar-refractivity contribution in [1.29, 1.82) is 0 Å². The van der Waals surface area contributed by atoms with E-state index in [1.165, 1.54) is 12.1 Å². The molecule has 0 aliphatic carbocycles. The van der Waals surface area contributed by atoms with Crippen molar-refractivity contribution in [1.82, 2.24) is 0 Å². The maximum atomic E-state index is 12.0. The number of rotatable bonds is 7. The molecular weight excluding hydrogens is 338 g/mol. The third-order valence-corrected chi connectivity index (χ3v) is 3.57. The standard InChI is InChI=1S/C19H21NO6/c1-12(11-25-18(23)14-5-3-2-4-6-14)26-19(24)15(20)9-13-7-8-16(21)17(22)10-13/h2-8,10,12,15,21-22H,9,11,20H2,1H3/t12-,15+/m1/s1. The van der Waals surface area contributed by atoms with Crippen LogP contribution in [0.25, 0.3) is 0 Å². The van der Waals surface area contributed by atoms with E-state index in [0.717, 1.165) is 0 Å². The summed E-state index contributed by atoms with van der Waals surface area (Å²) in [6.07, 6.45) is -0.530.